The number of amides is 2. The van der Waals surface area contributed by atoms with E-state index in [1.165, 1.54) is 0 Å². The predicted octanol–water partition coefficient (Wildman–Crippen LogP) is 1.34. The summed E-state index contributed by atoms with van der Waals surface area (Å²) in [5.74, 6) is 1.03. The van der Waals surface area contributed by atoms with Crippen LogP contribution in [0.15, 0.2) is 4.52 Å². The summed E-state index contributed by atoms with van der Waals surface area (Å²) in [6.45, 7) is 5.21. The van der Waals surface area contributed by atoms with Gasteiger partial charge in [0, 0.05) is 31.5 Å². The topological polar surface area (TPSA) is 89.4 Å². The van der Waals surface area contributed by atoms with Gasteiger partial charge in [0.05, 0.1) is 5.69 Å². The molecule has 1 fully saturated rings. The first-order valence-corrected chi connectivity index (χ1v) is 7.45. The van der Waals surface area contributed by atoms with Crippen LogP contribution < -0.4 is 5.73 Å². The maximum absolute atomic E-state index is 12.2. The average Bonchev–Trinajstić information content (AvgIpc) is 2.75. The number of aryl methyl sites for hydroxylation is 2. The van der Waals surface area contributed by atoms with Crippen LogP contribution in [0.1, 0.15) is 42.7 Å². The smallest absolute Gasteiger partial charge is 0.222 e. The first-order valence-electron chi connectivity index (χ1n) is 7.45. The van der Waals surface area contributed by atoms with Gasteiger partial charge >= 0.3 is 0 Å². The number of piperidine rings is 1. The molecule has 0 aromatic carbocycles. The van der Waals surface area contributed by atoms with Crippen molar-refractivity contribution in [1.29, 1.82) is 0 Å². The Labute approximate surface area is 124 Å². The Bertz CT molecular complexity index is 497. The van der Waals surface area contributed by atoms with Crippen molar-refractivity contribution in [2.75, 3.05) is 13.1 Å². The van der Waals surface area contributed by atoms with Crippen molar-refractivity contribution in [3.05, 3.63) is 17.0 Å². The van der Waals surface area contributed by atoms with E-state index in [0.717, 1.165) is 42.9 Å². The van der Waals surface area contributed by atoms with Crippen molar-refractivity contribution in [3.63, 3.8) is 0 Å². The van der Waals surface area contributed by atoms with Crippen LogP contribution >= 0.6 is 0 Å². The molecule has 2 rings (SSSR count). The molecule has 1 aromatic heterocycles. The molecule has 0 saturated carbocycles. The van der Waals surface area contributed by atoms with Crippen molar-refractivity contribution in [3.8, 4) is 0 Å². The van der Waals surface area contributed by atoms with Crippen molar-refractivity contribution < 1.29 is 14.1 Å². The normalized spacial score (nSPS) is 16.2. The van der Waals surface area contributed by atoms with Gasteiger partial charge in [-0.25, -0.2) is 0 Å². The summed E-state index contributed by atoms with van der Waals surface area (Å²) in [5, 5.41) is 3.90. The maximum Gasteiger partial charge on any atom is 0.222 e. The highest BCUT2D eigenvalue weighted by Gasteiger charge is 2.24. The second-order valence-electron chi connectivity index (χ2n) is 5.80. The van der Waals surface area contributed by atoms with Gasteiger partial charge in [-0.3, -0.25) is 9.59 Å². The molecule has 1 aliphatic rings. The van der Waals surface area contributed by atoms with Gasteiger partial charge in [0.1, 0.15) is 5.76 Å². The van der Waals surface area contributed by atoms with E-state index in [1.54, 1.807) is 0 Å². The number of hydrogen-bond acceptors (Lipinski definition) is 4. The lowest BCUT2D eigenvalue weighted by Crippen LogP contribution is -2.39. The zero-order valence-corrected chi connectivity index (χ0v) is 12.7. The molecule has 2 amide bonds. The Hall–Kier alpha value is -1.85. The summed E-state index contributed by atoms with van der Waals surface area (Å²) in [5.41, 5.74) is 7.11. The Morgan fingerprint density at radius 1 is 1.33 bits per heavy atom. The van der Waals surface area contributed by atoms with Crippen LogP contribution in [0.5, 0.6) is 0 Å². The highest BCUT2D eigenvalue weighted by atomic mass is 16.5. The number of likely N-dealkylation sites (tertiary alicyclic amines) is 1. The van der Waals surface area contributed by atoms with Crippen LogP contribution in [0.25, 0.3) is 0 Å². The van der Waals surface area contributed by atoms with Crippen molar-refractivity contribution in [2.24, 2.45) is 11.7 Å². The summed E-state index contributed by atoms with van der Waals surface area (Å²) >= 11 is 0. The lowest BCUT2D eigenvalue weighted by atomic mass is 9.93. The van der Waals surface area contributed by atoms with E-state index < -0.39 is 0 Å². The molecule has 1 saturated heterocycles. The maximum atomic E-state index is 12.2. The van der Waals surface area contributed by atoms with E-state index in [1.807, 2.05) is 18.7 Å². The lowest BCUT2D eigenvalue weighted by Gasteiger charge is -2.31. The van der Waals surface area contributed by atoms with Gasteiger partial charge in [-0.05, 0) is 39.0 Å². The molecule has 2 heterocycles. The number of primary amides is 1. The standard InChI is InChI=1S/C15H23N3O3/c1-10-13(11(2)21-17-10)3-4-15(20)18-7-5-12(6-8-18)9-14(16)19/h12H,3-9H2,1-2H3,(H2,16,19). The van der Waals surface area contributed by atoms with Crippen molar-refractivity contribution in [1.82, 2.24) is 10.1 Å². The van der Waals surface area contributed by atoms with E-state index in [4.69, 9.17) is 10.3 Å². The monoisotopic (exact) mass is 293 g/mol. The summed E-state index contributed by atoms with van der Waals surface area (Å²) in [6.07, 6.45) is 3.30. The zero-order valence-electron chi connectivity index (χ0n) is 12.7. The molecule has 21 heavy (non-hydrogen) atoms. The molecule has 0 radical (unpaired) electrons. The molecule has 0 atom stereocenters. The number of aromatic nitrogens is 1. The van der Waals surface area contributed by atoms with E-state index in [0.29, 0.717) is 25.2 Å². The fourth-order valence-electron chi connectivity index (χ4n) is 2.92. The van der Waals surface area contributed by atoms with E-state index in [2.05, 4.69) is 5.16 Å². The number of nitrogens with two attached hydrogens (primary N) is 1. The Morgan fingerprint density at radius 3 is 2.52 bits per heavy atom. The Balaban J connectivity index is 1.79. The molecule has 1 aromatic rings. The summed E-state index contributed by atoms with van der Waals surface area (Å²) in [6, 6.07) is 0. The highest BCUT2D eigenvalue weighted by molar-refractivity contribution is 5.77. The van der Waals surface area contributed by atoms with Gasteiger partial charge in [0.2, 0.25) is 11.8 Å². The van der Waals surface area contributed by atoms with Gasteiger partial charge in [-0.1, -0.05) is 5.16 Å². The molecule has 0 bridgehead atoms. The third-order valence-electron chi connectivity index (χ3n) is 4.23. The average molecular weight is 293 g/mol. The summed E-state index contributed by atoms with van der Waals surface area (Å²) in [7, 11) is 0. The van der Waals surface area contributed by atoms with Crippen LogP contribution in [0, 0.1) is 19.8 Å². The zero-order chi connectivity index (χ0) is 15.4. The lowest BCUT2D eigenvalue weighted by molar-refractivity contribution is -0.132. The summed E-state index contributed by atoms with van der Waals surface area (Å²) in [4.78, 5) is 25.0. The molecule has 2 N–H and O–H groups in total. The molecular formula is C15H23N3O3. The molecule has 0 unspecified atom stereocenters. The van der Waals surface area contributed by atoms with Gasteiger partial charge in [-0.2, -0.15) is 0 Å². The third kappa shape index (κ3) is 4.06. The van der Waals surface area contributed by atoms with Crippen molar-refractivity contribution in [2.45, 2.75) is 46.0 Å². The van der Waals surface area contributed by atoms with Crippen LogP contribution in [0.4, 0.5) is 0 Å². The minimum Gasteiger partial charge on any atom is -0.370 e. The minimum absolute atomic E-state index is 0.160. The molecule has 1 aliphatic heterocycles. The second-order valence-corrected chi connectivity index (χ2v) is 5.80. The van der Waals surface area contributed by atoms with Gasteiger partial charge in [0.15, 0.2) is 0 Å². The van der Waals surface area contributed by atoms with Crippen LogP contribution in [0.2, 0.25) is 0 Å². The molecule has 0 aliphatic carbocycles. The number of hydrogen-bond donors (Lipinski definition) is 1. The first-order chi connectivity index (χ1) is 9.97. The molecular weight excluding hydrogens is 270 g/mol. The van der Waals surface area contributed by atoms with Crippen LogP contribution in [-0.4, -0.2) is 35.0 Å². The predicted molar refractivity (Wildman–Crippen MR) is 77.4 cm³/mol. The Morgan fingerprint density at radius 2 is 2.00 bits per heavy atom. The van der Waals surface area contributed by atoms with Crippen LogP contribution in [0.3, 0.4) is 0 Å². The minimum atomic E-state index is -0.252. The number of nitrogens with zero attached hydrogens (tertiary/aromatic N) is 2. The number of carbonyl (C=O) groups excluding carboxylic acids is 2. The van der Waals surface area contributed by atoms with Crippen LogP contribution in [-0.2, 0) is 16.0 Å². The SMILES string of the molecule is Cc1noc(C)c1CCC(=O)N1CCC(CC(N)=O)CC1. The number of rotatable bonds is 5. The van der Waals surface area contributed by atoms with E-state index >= 15 is 0 Å². The fraction of sp³-hybridized carbons (Fsp3) is 0.667. The van der Waals surface area contributed by atoms with E-state index in [9.17, 15) is 9.59 Å². The molecule has 6 heteroatoms. The third-order valence-corrected chi connectivity index (χ3v) is 4.23. The fourth-order valence-corrected chi connectivity index (χ4v) is 2.92. The quantitative estimate of drug-likeness (QED) is 0.887. The Kier molecular flexibility index (Phi) is 4.98. The van der Waals surface area contributed by atoms with Gasteiger partial charge < -0.3 is 15.2 Å². The molecule has 0 spiro atoms. The molecule has 116 valence electrons. The van der Waals surface area contributed by atoms with Gasteiger partial charge in [0.25, 0.3) is 0 Å². The molecule has 6 nitrogen and oxygen atoms in total. The second kappa shape index (κ2) is 6.74. The van der Waals surface area contributed by atoms with Gasteiger partial charge in [-0.15, -0.1) is 0 Å². The number of carbonyl (C=O) groups is 2. The highest BCUT2D eigenvalue weighted by Crippen LogP contribution is 2.21. The van der Waals surface area contributed by atoms with Crippen molar-refractivity contribution >= 4 is 11.8 Å². The first kappa shape index (κ1) is 15.5. The van der Waals surface area contributed by atoms with E-state index in [-0.39, 0.29) is 11.8 Å². The summed E-state index contributed by atoms with van der Waals surface area (Å²) < 4.78 is 5.11. The largest absolute Gasteiger partial charge is 0.370 e.